The number of hydrogen-bond donors (Lipinski definition) is 1. The molecule has 0 fully saturated rings. The predicted molar refractivity (Wildman–Crippen MR) is 78.1 cm³/mol. The van der Waals surface area contributed by atoms with Crippen molar-refractivity contribution in [1.29, 1.82) is 0 Å². The summed E-state index contributed by atoms with van der Waals surface area (Å²) >= 11 is 0. The van der Waals surface area contributed by atoms with E-state index < -0.39 is 47.2 Å². The Morgan fingerprint density at radius 1 is 1.38 bits per heavy atom. The quantitative estimate of drug-likeness (QED) is 0.668. The molecule has 2 rings (SSSR count). The summed E-state index contributed by atoms with van der Waals surface area (Å²) in [4.78, 5) is 23.9. The van der Waals surface area contributed by atoms with Crippen LogP contribution in [-0.2, 0) is 11.2 Å². The van der Waals surface area contributed by atoms with Crippen molar-refractivity contribution in [3.05, 3.63) is 39.7 Å². The van der Waals surface area contributed by atoms with Crippen molar-refractivity contribution in [3.8, 4) is 5.75 Å². The molecule has 0 aliphatic rings. The van der Waals surface area contributed by atoms with Crippen LogP contribution in [0.25, 0.3) is 10.9 Å². The molecule has 0 aliphatic heterocycles. The summed E-state index contributed by atoms with van der Waals surface area (Å²) in [5.41, 5.74) is -2.22. The van der Waals surface area contributed by atoms with Gasteiger partial charge in [-0.1, -0.05) is 13.3 Å². The largest absolute Gasteiger partial charge is 0.798 e. The van der Waals surface area contributed by atoms with Gasteiger partial charge in [-0.2, -0.15) is 4.39 Å². The molecule has 0 bridgehead atoms. The number of fused-ring (bicyclic) bond motifs is 1. The summed E-state index contributed by atoms with van der Waals surface area (Å²) in [5.74, 6) is -5.73. The molecular weight excluding hydrogens is 333 g/mol. The molecule has 1 aromatic carbocycles. The number of phenols is 1. The Kier molecular flexibility index (Phi) is 5.15. The number of aromatic hydroxyl groups is 1. The maximum atomic E-state index is 13.6. The molecule has 0 atom stereocenters. The molecule has 0 spiro atoms. The van der Waals surface area contributed by atoms with E-state index in [9.17, 15) is 32.1 Å². The van der Waals surface area contributed by atoms with Gasteiger partial charge in [-0.25, -0.2) is 17.8 Å². The zero-order chi connectivity index (χ0) is 18.0. The monoisotopic (exact) mass is 345 g/mol. The second kappa shape index (κ2) is 6.94. The normalized spacial score (nSPS) is 10.9. The minimum Gasteiger partial charge on any atom is -0.503 e. The van der Waals surface area contributed by atoms with Crippen LogP contribution in [0.5, 0.6) is 5.75 Å². The van der Waals surface area contributed by atoms with E-state index in [1.54, 1.807) is 0 Å². The molecule has 128 valence electrons. The van der Waals surface area contributed by atoms with E-state index in [4.69, 9.17) is 0 Å². The summed E-state index contributed by atoms with van der Waals surface area (Å²) in [7, 11) is -3.44. The molecule has 10 heteroatoms. The third kappa shape index (κ3) is 3.22. The topological polar surface area (TPSA) is 68.5 Å². The number of halogens is 4. The molecule has 0 aliphatic carbocycles. The lowest BCUT2D eigenvalue weighted by molar-refractivity contribution is 0.0693. The number of hydrogen-bond acceptors (Lipinski definition) is 4. The van der Waals surface area contributed by atoms with Crippen molar-refractivity contribution in [2.75, 3.05) is 0 Å². The highest BCUT2D eigenvalue weighted by atomic mass is 19.2. The first kappa shape index (κ1) is 17.8. The van der Waals surface area contributed by atoms with Gasteiger partial charge in [-0.15, -0.1) is 0 Å². The number of carbonyl (C=O) groups is 1. The van der Waals surface area contributed by atoms with Gasteiger partial charge in [-0.3, -0.25) is 4.79 Å². The molecule has 0 saturated heterocycles. The Labute approximate surface area is 133 Å². The van der Waals surface area contributed by atoms with Gasteiger partial charge in [0.25, 0.3) is 0 Å². The zero-order valence-electron chi connectivity index (χ0n) is 12.5. The minimum absolute atomic E-state index is 0.140. The molecule has 1 N–H and O–H groups in total. The van der Waals surface area contributed by atoms with Gasteiger partial charge in [0.05, 0.1) is 10.9 Å². The predicted octanol–water partition coefficient (Wildman–Crippen LogP) is 2.87. The molecule has 0 amide bonds. The lowest BCUT2D eigenvalue weighted by Crippen LogP contribution is -2.24. The maximum Gasteiger partial charge on any atom is 0.798 e. The molecule has 1 heterocycles. The van der Waals surface area contributed by atoms with Crippen LogP contribution in [0.2, 0.25) is 0 Å². The summed E-state index contributed by atoms with van der Waals surface area (Å²) in [6.45, 7) is 1.97. The Hall–Kier alpha value is -2.52. The summed E-state index contributed by atoms with van der Waals surface area (Å²) < 4.78 is 56.3. The van der Waals surface area contributed by atoms with E-state index in [0.717, 1.165) is 10.8 Å². The van der Waals surface area contributed by atoms with Crippen LogP contribution in [0.15, 0.2) is 17.1 Å². The molecular formula is C14H12BF4NO4. The van der Waals surface area contributed by atoms with Crippen molar-refractivity contribution in [2.45, 2.75) is 26.3 Å². The van der Waals surface area contributed by atoms with Crippen LogP contribution in [0, 0.1) is 11.6 Å². The molecule has 0 unspecified atom stereocenters. The van der Waals surface area contributed by atoms with E-state index in [-0.39, 0.29) is 12.1 Å². The van der Waals surface area contributed by atoms with Crippen LogP contribution in [0.4, 0.5) is 17.4 Å². The number of rotatable bonds is 5. The van der Waals surface area contributed by atoms with E-state index in [1.165, 1.54) is 0 Å². The number of carbonyl (C=O) groups excluding carboxylic acids is 1. The minimum atomic E-state index is -3.44. The average molecular weight is 345 g/mol. The number of phenolic OH excluding ortho intramolecular Hbond substituents is 1. The van der Waals surface area contributed by atoms with Crippen molar-refractivity contribution in [1.82, 2.24) is 4.57 Å². The average Bonchev–Trinajstić information content (AvgIpc) is 2.51. The third-order valence-electron chi connectivity index (χ3n) is 3.40. The number of pyridine rings is 1. The van der Waals surface area contributed by atoms with Crippen LogP contribution in [0.3, 0.4) is 0 Å². The Morgan fingerprint density at radius 3 is 2.62 bits per heavy atom. The van der Waals surface area contributed by atoms with Gasteiger partial charge < -0.3 is 14.3 Å². The molecule has 2 aromatic rings. The number of nitrogens with zero attached hydrogens (tertiary/aromatic N) is 1. The molecule has 24 heavy (non-hydrogen) atoms. The van der Waals surface area contributed by atoms with Gasteiger partial charge in [0.15, 0.2) is 11.6 Å². The second-order valence-electron chi connectivity index (χ2n) is 5.00. The van der Waals surface area contributed by atoms with Crippen LogP contribution >= 0.6 is 0 Å². The first-order valence-corrected chi connectivity index (χ1v) is 7.01. The van der Waals surface area contributed by atoms with Gasteiger partial charge in [0.2, 0.25) is 11.2 Å². The summed E-state index contributed by atoms with van der Waals surface area (Å²) in [6, 6.07) is 0.508. The Bertz CT molecular complexity index is 853. The smallest absolute Gasteiger partial charge is 0.503 e. The lowest BCUT2D eigenvalue weighted by atomic mass is 10.1. The van der Waals surface area contributed by atoms with Gasteiger partial charge in [-0.05, 0) is 12.5 Å². The number of aryl methyl sites for hydroxylation is 1. The van der Waals surface area contributed by atoms with E-state index in [1.807, 2.05) is 6.92 Å². The van der Waals surface area contributed by atoms with Crippen LogP contribution < -0.4 is 5.43 Å². The second-order valence-corrected chi connectivity index (χ2v) is 5.00. The van der Waals surface area contributed by atoms with Crippen LogP contribution in [0.1, 0.15) is 30.1 Å². The fourth-order valence-electron chi connectivity index (χ4n) is 2.29. The van der Waals surface area contributed by atoms with Crippen molar-refractivity contribution >= 4 is 24.3 Å². The van der Waals surface area contributed by atoms with Crippen molar-refractivity contribution in [3.63, 3.8) is 0 Å². The number of benzene rings is 1. The molecule has 0 saturated carbocycles. The maximum absolute atomic E-state index is 13.6. The third-order valence-corrected chi connectivity index (χ3v) is 3.40. The fourth-order valence-corrected chi connectivity index (χ4v) is 2.29. The van der Waals surface area contributed by atoms with Gasteiger partial charge in [0.1, 0.15) is 5.56 Å². The fraction of sp³-hybridized carbons (Fsp3) is 0.286. The van der Waals surface area contributed by atoms with Gasteiger partial charge in [0, 0.05) is 12.7 Å². The van der Waals surface area contributed by atoms with Crippen molar-refractivity contribution < 1.29 is 32.0 Å². The SMILES string of the molecule is CCCCn1cc(C(=O)OB(F)F)c(=O)c2cc(F)c(F)c(O)c21. The highest BCUT2D eigenvalue weighted by molar-refractivity contribution is 6.38. The zero-order valence-corrected chi connectivity index (χ0v) is 12.5. The molecule has 1 aromatic heterocycles. The first-order chi connectivity index (χ1) is 11.3. The Morgan fingerprint density at radius 2 is 2.04 bits per heavy atom. The number of unbranched alkanes of at least 4 members (excludes halogenated alkanes) is 1. The van der Waals surface area contributed by atoms with Crippen molar-refractivity contribution in [2.24, 2.45) is 0 Å². The standard InChI is InChI=1S/C14H12BF4NO4/c1-2-3-4-20-6-8(14(23)24-15(18)19)12(21)7-5-9(16)10(17)13(22)11(7)20/h5-6,22H,2-4H2,1H3. The first-order valence-electron chi connectivity index (χ1n) is 7.01. The van der Waals surface area contributed by atoms with E-state index >= 15 is 0 Å². The van der Waals surface area contributed by atoms with E-state index in [0.29, 0.717) is 18.9 Å². The molecule has 5 nitrogen and oxygen atoms in total. The highest BCUT2D eigenvalue weighted by Gasteiger charge is 2.27. The number of aromatic nitrogens is 1. The van der Waals surface area contributed by atoms with Crippen LogP contribution in [-0.4, -0.2) is 23.1 Å². The summed E-state index contributed by atoms with van der Waals surface area (Å²) in [6.07, 6.45) is 2.08. The highest BCUT2D eigenvalue weighted by Crippen LogP contribution is 2.29. The van der Waals surface area contributed by atoms with E-state index in [2.05, 4.69) is 4.65 Å². The Balaban J connectivity index is 2.79. The van der Waals surface area contributed by atoms with Gasteiger partial charge >= 0.3 is 13.4 Å². The molecule has 0 radical (unpaired) electrons. The summed E-state index contributed by atoms with van der Waals surface area (Å²) in [5, 5.41) is 9.30. The lowest BCUT2D eigenvalue weighted by Gasteiger charge is -2.14.